The fourth-order valence-corrected chi connectivity index (χ4v) is 4.10. The first-order valence-corrected chi connectivity index (χ1v) is 11.0. The number of halogens is 3. The average molecular weight is 473 g/mol. The molecule has 1 aliphatic heterocycles. The largest absolute Gasteiger partial charge is 0.455 e. The van der Waals surface area contributed by atoms with Crippen LogP contribution in [-0.4, -0.2) is 41.9 Å². The van der Waals surface area contributed by atoms with Gasteiger partial charge in [0.2, 0.25) is 0 Å². The molecule has 0 saturated carbocycles. The van der Waals surface area contributed by atoms with E-state index >= 15 is 0 Å². The Labute approximate surface area is 194 Å². The molecule has 4 N–H and O–H groups in total. The molecule has 0 spiro atoms. The van der Waals surface area contributed by atoms with Gasteiger partial charge >= 0.3 is 6.18 Å². The van der Waals surface area contributed by atoms with Crippen molar-refractivity contribution in [3.8, 4) is 11.5 Å². The van der Waals surface area contributed by atoms with Gasteiger partial charge in [-0.2, -0.15) is 13.2 Å². The number of hydrogen-bond donors (Lipinski definition) is 3. The zero-order chi connectivity index (χ0) is 24.3. The maximum atomic E-state index is 13.7. The number of para-hydroxylation sites is 1. The molecule has 10 heteroatoms. The van der Waals surface area contributed by atoms with Gasteiger partial charge in [-0.05, 0) is 50.2 Å². The topological polar surface area (TPSA) is 95.7 Å². The Balaban J connectivity index is 1.71. The molecule has 1 saturated heterocycles. The number of guanidine groups is 1. The van der Waals surface area contributed by atoms with E-state index in [0.29, 0.717) is 12.3 Å². The zero-order valence-corrected chi connectivity index (χ0v) is 18.7. The molecule has 0 unspecified atom stereocenters. The van der Waals surface area contributed by atoms with Crippen molar-refractivity contribution in [2.75, 3.05) is 20.1 Å². The number of likely N-dealkylation sites (tertiary alicyclic amines) is 1. The summed E-state index contributed by atoms with van der Waals surface area (Å²) in [6.07, 6.45) is -1.11. The van der Waals surface area contributed by atoms with E-state index in [-0.39, 0.29) is 28.3 Å². The molecule has 3 aromatic rings. The molecule has 7 nitrogen and oxygen atoms in total. The normalized spacial score (nSPS) is 15.5. The number of carbonyl (C=O) groups excluding carboxylic acids is 1. The van der Waals surface area contributed by atoms with E-state index in [2.05, 4.69) is 20.2 Å². The van der Waals surface area contributed by atoms with Crippen LogP contribution in [0.2, 0.25) is 0 Å². The second kappa shape index (κ2) is 9.76. The first-order chi connectivity index (χ1) is 16.3. The number of alkyl halides is 3. The van der Waals surface area contributed by atoms with Crippen LogP contribution in [0.5, 0.6) is 11.5 Å². The minimum atomic E-state index is -4.61. The molecular weight excluding hydrogens is 447 g/mol. The average Bonchev–Trinajstić information content (AvgIpc) is 3.26. The van der Waals surface area contributed by atoms with Crippen LogP contribution >= 0.6 is 0 Å². The van der Waals surface area contributed by atoms with Crippen LogP contribution in [0.25, 0.3) is 10.9 Å². The lowest BCUT2D eigenvalue weighted by atomic mass is 10.1. The van der Waals surface area contributed by atoms with Crippen LogP contribution in [0.3, 0.4) is 0 Å². The number of rotatable bonds is 5. The minimum absolute atomic E-state index is 0.0692. The number of piperidine rings is 1. The lowest BCUT2D eigenvalue weighted by Crippen LogP contribution is -2.36. The Bertz CT molecular complexity index is 1210. The molecule has 0 radical (unpaired) electrons. The number of H-pyrrole nitrogens is 1. The van der Waals surface area contributed by atoms with Gasteiger partial charge in [-0.3, -0.25) is 20.0 Å². The fourth-order valence-electron chi connectivity index (χ4n) is 4.10. The molecule has 4 rings (SSSR count). The molecule has 0 aliphatic carbocycles. The van der Waals surface area contributed by atoms with Crippen LogP contribution < -0.4 is 15.8 Å². The van der Waals surface area contributed by atoms with Crippen LogP contribution in [0.15, 0.2) is 47.5 Å². The summed E-state index contributed by atoms with van der Waals surface area (Å²) in [5, 5.41) is 2.15. The lowest BCUT2D eigenvalue weighted by Gasteiger charge is -2.27. The summed E-state index contributed by atoms with van der Waals surface area (Å²) in [6.45, 7) is 2.68. The minimum Gasteiger partial charge on any atom is -0.455 e. The highest BCUT2D eigenvalue weighted by Gasteiger charge is 2.34. The first-order valence-electron chi connectivity index (χ1n) is 11.0. The number of aliphatic imine (C=N–C) groups is 1. The van der Waals surface area contributed by atoms with Crippen molar-refractivity contribution in [3.05, 3.63) is 59.3 Å². The summed E-state index contributed by atoms with van der Waals surface area (Å²) < 4.78 is 47.2. The number of nitrogens with zero attached hydrogens (tertiary/aromatic N) is 2. The summed E-state index contributed by atoms with van der Waals surface area (Å²) in [6, 6.07) is 10.8. The number of ether oxygens (including phenoxy) is 1. The highest BCUT2D eigenvalue weighted by atomic mass is 19.4. The van der Waals surface area contributed by atoms with E-state index < -0.39 is 17.6 Å². The zero-order valence-electron chi connectivity index (χ0n) is 18.7. The molecule has 1 fully saturated rings. The molecule has 180 valence electrons. The van der Waals surface area contributed by atoms with Crippen molar-refractivity contribution in [2.24, 2.45) is 10.7 Å². The number of nitrogens with two attached hydrogens (primary N) is 1. The van der Waals surface area contributed by atoms with Gasteiger partial charge in [0.15, 0.2) is 11.7 Å². The van der Waals surface area contributed by atoms with Gasteiger partial charge in [0.1, 0.15) is 11.4 Å². The van der Waals surface area contributed by atoms with E-state index in [0.717, 1.165) is 43.6 Å². The van der Waals surface area contributed by atoms with Gasteiger partial charge in [0, 0.05) is 24.5 Å². The predicted octanol–water partition coefficient (Wildman–Crippen LogP) is 4.64. The Morgan fingerprint density at radius 1 is 1.15 bits per heavy atom. The Morgan fingerprint density at radius 3 is 2.59 bits per heavy atom. The van der Waals surface area contributed by atoms with Crippen molar-refractivity contribution in [2.45, 2.75) is 32.0 Å². The molecule has 2 heterocycles. The number of nitrogens with one attached hydrogen (secondary N) is 2. The number of aromatic nitrogens is 1. The number of hydrogen-bond acceptors (Lipinski definition) is 4. The summed E-state index contributed by atoms with van der Waals surface area (Å²) in [4.78, 5) is 21.2. The van der Waals surface area contributed by atoms with Crippen molar-refractivity contribution < 1.29 is 22.7 Å². The summed E-state index contributed by atoms with van der Waals surface area (Å²) >= 11 is 0. The van der Waals surface area contributed by atoms with E-state index in [4.69, 9.17) is 10.5 Å². The third-order valence-electron chi connectivity index (χ3n) is 5.82. The third kappa shape index (κ3) is 5.17. The molecule has 1 aromatic heterocycles. The second-order valence-electron chi connectivity index (χ2n) is 8.19. The van der Waals surface area contributed by atoms with Crippen molar-refractivity contribution in [1.29, 1.82) is 0 Å². The molecule has 1 aliphatic rings. The van der Waals surface area contributed by atoms with Gasteiger partial charge in [-0.15, -0.1) is 0 Å². The van der Waals surface area contributed by atoms with Crippen LogP contribution in [0.4, 0.5) is 13.2 Å². The van der Waals surface area contributed by atoms with Crippen LogP contribution in [0.1, 0.15) is 40.9 Å². The van der Waals surface area contributed by atoms with E-state index in [1.165, 1.54) is 19.5 Å². The van der Waals surface area contributed by atoms with Crippen molar-refractivity contribution in [1.82, 2.24) is 15.2 Å². The maximum absolute atomic E-state index is 13.7. The van der Waals surface area contributed by atoms with Gasteiger partial charge in [-0.25, -0.2) is 0 Å². The summed E-state index contributed by atoms with van der Waals surface area (Å²) in [5.41, 5.74) is 5.57. The standard InChI is InChI=1S/C24H26F3N5O2/c1-29-23(28)31-22(33)18-13-16-17(24(25,26)27)9-10-20(21(16)30-18)34-19-8-4-3-7-15(19)14-32-11-5-2-6-12-32/h3-4,7-10,13,30H,2,5-6,11-12,14H2,1H3,(H3,28,29,31,33). The summed E-state index contributed by atoms with van der Waals surface area (Å²) in [5.74, 6) is -0.117. The lowest BCUT2D eigenvalue weighted by molar-refractivity contribution is -0.136. The molecule has 1 amide bonds. The molecule has 0 atom stereocenters. The second-order valence-corrected chi connectivity index (χ2v) is 8.19. The van der Waals surface area contributed by atoms with E-state index in [1.807, 2.05) is 18.2 Å². The highest BCUT2D eigenvalue weighted by molar-refractivity contribution is 6.07. The van der Waals surface area contributed by atoms with Crippen molar-refractivity contribution >= 4 is 22.8 Å². The molecule has 2 aromatic carbocycles. The smallest absolute Gasteiger partial charge is 0.417 e. The molecular formula is C24H26F3N5O2. The third-order valence-corrected chi connectivity index (χ3v) is 5.82. The first kappa shape index (κ1) is 23.6. The molecule has 0 bridgehead atoms. The quantitative estimate of drug-likeness (QED) is 0.372. The van der Waals surface area contributed by atoms with Gasteiger partial charge in [0.25, 0.3) is 5.91 Å². The van der Waals surface area contributed by atoms with Gasteiger partial charge in [-0.1, -0.05) is 24.6 Å². The SMILES string of the molecule is CN=C(N)NC(=O)c1cc2c(C(F)(F)F)ccc(Oc3ccccc3CN3CCCCC3)c2[nH]1. The van der Waals surface area contributed by atoms with E-state index in [1.54, 1.807) is 6.07 Å². The van der Waals surface area contributed by atoms with E-state index in [9.17, 15) is 18.0 Å². The monoisotopic (exact) mass is 473 g/mol. The molecule has 34 heavy (non-hydrogen) atoms. The van der Waals surface area contributed by atoms with Crippen LogP contribution in [-0.2, 0) is 12.7 Å². The highest BCUT2D eigenvalue weighted by Crippen LogP contribution is 2.40. The fraction of sp³-hybridized carbons (Fsp3) is 0.333. The predicted molar refractivity (Wildman–Crippen MR) is 124 cm³/mol. The van der Waals surface area contributed by atoms with Crippen molar-refractivity contribution in [3.63, 3.8) is 0 Å². The van der Waals surface area contributed by atoms with Crippen LogP contribution in [0, 0.1) is 0 Å². The summed E-state index contributed by atoms with van der Waals surface area (Å²) in [7, 11) is 1.38. The van der Waals surface area contributed by atoms with Gasteiger partial charge in [0.05, 0.1) is 11.1 Å². The van der Waals surface area contributed by atoms with Gasteiger partial charge < -0.3 is 15.5 Å². The number of carbonyl (C=O) groups is 1. The maximum Gasteiger partial charge on any atom is 0.417 e. The number of amides is 1. The number of benzene rings is 2. The Hall–Kier alpha value is -3.53. The number of aromatic amines is 1. The number of fused-ring (bicyclic) bond motifs is 1. The Kier molecular flexibility index (Phi) is 6.78. The Morgan fingerprint density at radius 2 is 1.88 bits per heavy atom.